The largest absolute Gasteiger partial charge is 0.370 e. The summed E-state index contributed by atoms with van der Waals surface area (Å²) in [5.74, 6) is 0.312. The molecular weight excluding hydrogens is 330 g/mol. The zero-order valence-electron chi connectivity index (χ0n) is 14.8. The number of amides is 3. The number of nitrogens with zero attached hydrogens (tertiary/aromatic N) is 2. The van der Waals surface area contributed by atoms with Gasteiger partial charge >= 0.3 is 6.03 Å². The molecule has 7 heteroatoms. The van der Waals surface area contributed by atoms with Crippen molar-refractivity contribution < 1.29 is 9.59 Å². The molecule has 4 rings (SSSR count). The monoisotopic (exact) mass is 355 g/mol. The highest BCUT2D eigenvalue weighted by molar-refractivity contribution is 6.23. The molecule has 2 saturated carbocycles. The fourth-order valence-electron chi connectivity index (χ4n) is 3.95. The van der Waals surface area contributed by atoms with E-state index in [1.54, 1.807) is 6.07 Å². The van der Waals surface area contributed by atoms with E-state index in [-0.39, 0.29) is 11.9 Å². The van der Waals surface area contributed by atoms with Crippen molar-refractivity contribution in [2.75, 3.05) is 4.90 Å². The molecule has 0 bridgehead atoms. The van der Waals surface area contributed by atoms with Crippen LogP contribution in [0, 0.1) is 0 Å². The molecule has 0 aromatic heterocycles. The Kier molecular flexibility index (Phi) is 4.30. The maximum atomic E-state index is 12.9. The van der Waals surface area contributed by atoms with E-state index in [1.807, 2.05) is 18.2 Å². The number of nitrogens with two attached hydrogens (primary N) is 1. The Balaban J connectivity index is 1.48. The lowest BCUT2D eigenvalue weighted by atomic mass is 9.93. The van der Waals surface area contributed by atoms with Gasteiger partial charge in [0.1, 0.15) is 5.54 Å². The number of rotatable bonds is 4. The molecule has 4 N–H and O–H groups in total. The van der Waals surface area contributed by atoms with Crippen LogP contribution < -0.4 is 21.3 Å². The summed E-state index contributed by atoms with van der Waals surface area (Å²) in [5, 5.41) is 6.11. The molecule has 1 heterocycles. The van der Waals surface area contributed by atoms with Gasteiger partial charge in [-0.05, 0) is 49.8 Å². The summed E-state index contributed by atoms with van der Waals surface area (Å²) in [4.78, 5) is 30.9. The molecule has 1 spiro atoms. The zero-order chi connectivity index (χ0) is 18.1. The van der Waals surface area contributed by atoms with Gasteiger partial charge in [-0.15, -0.1) is 0 Å². The molecule has 1 aliphatic heterocycles. The van der Waals surface area contributed by atoms with E-state index in [0.29, 0.717) is 24.2 Å². The highest BCUT2D eigenvalue weighted by atomic mass is 16.2. The first-order chi connectivity index (χ1) is 12.6. The first-order valence-corrected chi connectivity index (χ1v) is 9.39. The molecule has 138 valence electrons. The van der Waals surface area contributed by atoms with Crippen molar-refractivity contribution in [2.24, 2.45) is 10.7 Å². The minimum Gasteiger partial charge on any atom is -0.370 e. The van der Waals surface area contributed by atoms with Crippen LogP contribution in [0.3, 0.4) is 0 Å². The normalized spacial score (nSPS) is 22.6. The molecule has 2 aliphatic carbocycles. The number of hydrogen-bond donors (Lipinski definition) is 3. The topological polar surface area (TPSA) is 99.8 Å². The van der Waals surface area contributed by atoms with Crippen LogP contribution in [0.2, 0.25) is 0 Å². The lowest BCUT2D eigenvalue weighted by Crippen LogP contribution is -2.44. The second-order valence-corrected chi connectivity index (χ2v) is 7.50. The second-order valence-electron chi connectivity index (χ2n) is 7.50. The summed E-state index contributed by atoms with van der Waals surface area (Å²) in [6, 6.07) is 7.51. The Hall–Kier alpha value is -2.57. The minimum atomic E-state index is -0.692. The first-order valence-electron chi connectivity index (χ1n) is 9.39. The number of anilines is 1. The third-order valence-corrected chi connectivity index (χ3v) is 5.68. The number of nitrogens with one attached hydrogen (secondary N) is 2. The van der Waals surface area contributed by atoms with E-state index in [4.69, 9.17) is 5.73 Å². The van der Waals surface area contributed by atoms with E-state index in [1.165, 1.54) is 11.3 Å². The van der Waals surface area contributed by atoms with Gasteiger partial charge in [-0.1, -0.05) is 25.0 Å². The Morgan fingerprint density at radius 2 is 2.04 bits per heavy atom. The van der Waals surface area contributed by atoms with Crippen LogP contribution in [0.25, 0.3) is 0 Å². The fraction of sp³-hybridized carbons (Fsp3) is 0.526. The van der Waals surface area contributed by atoms with Crippen LogP contribution in [0.15, 0.2) is 29.3 Å². The van der Waals surface area contributed by atoms with E-state index < -0.39 is 5.54 Å². The van der Waals surface area contributed by atoms with Gasteiger partial charge in [-0.25, -0.2) is 14.7 Å². The summed E-state index contributed by atoms with van der Waals surface area (Å²) in [6.07, 6.45) is 6.91. The molecule has 0 unspecified atom stereocenters. The maximum absolute atomic E-state index is 12.9. The van der Waals surface area contributed by atoms with Gasteiger partial charge < -0.3 is 16.4 Å². The number of urea groups is 1. The summed E-state index contributed by atoms with van der Waals surface area (Å²) < 4.78 is 0. The number of hydrogen-bond acceptors (Lipinski definition) is 3. The van der Waals surface area contributed by atoms with Gasteiger partial charge in [0, 0.05) is 6.04 Å². The van der Waals surface area contributed by atoms with Crippen LogP contribution in [-0.2, 0) is 11.3 Å². The van der Waals surface area contributed by atoms with Crippen molar-refractivity contribution >= 4 is 23.6 Å². The Morgan fingerprint density at radius 3 is 2.73 bits per heavy atom. The van der Waals surface area contributed by atoms with E-state index in [0.717, 1.165) is 44.1 Å². The van der Waals surface area contributed by atoms with Crippen molar-refractivity contribution in [3.63, 3.8) is 0 Å². The number of carbonyl (C=O) groups is 2. The summed E-state index contributed by atoms with van der Waals surface area (Å²) >= 11 is 0. The van der Waals surface area contributed by atoms with Crippen molar-refractivity contribution in [2.45, 2.75) is 63.1 Å². The lowest BCUT2D eigenvalue weighted by molar-refractivity contribution is -0.121. The summed E-state index contributed by atoms with van der Waals surface area (Å²) in [7, 11) is 0. The van der Waals surface area contributed by atoms with E-state index in [2.05, 4.69) is 15.6 Å². The molecule has 0 atom stereocenters. The number of aliphatic imine (C=N–C) groups is 1. The van der Waals surface area contributed by atoms with Gasteiger partial charge in [0.05, 0.1) is 12.2 Å². The first kappa shape index (κ1) is 16.9. The average molecular weight is 355 g/mol. The fourth-order valence-corrected chi connectivity index (χ4v) is 3.95. The smallest absolute Gasteiger partial charge is 0.329 e. The van der Waals surface area contributed by atoms with Gasteiger partial charge in [0.25, 0.3) is 5.91 Å². The van der Waals surface area contributed by atoms with Crippen molar-refractivity contribution in [1.82, 2.24) is 10.6 Å². The van der Waals surface area contributed by atoms with Crippen molar-refractivity contribution in [1.29, 1.82) is 0 Å². The Labute approximate surface area is 153 Å². The number of carbonyl (C=O) groups excluding carboxylic acids is 2. The summed E-state index contributed by atoms with van der Waals surface area (Å²) in [5.41, 5.74) is 6.74. The minimum absolute atomic E-state index is 0.133. The average Bonchev–Trinajstić information content (AvgIpc) is 3.15. The molecule has 3 amide bonds. The van der Waals surface area contributed by atoms with Crippen molar-refractivity contribution in [3.8, 4) is 0 Å². The molecule has 0 radical (unpaired) electrons. The molecule has 1 saturated heterocycles. The van der Waals surface area contributed by atoms with Gasteiger partial charge in [0.2, 0.25) is 0 Å². The molecule has 1 aromatic carbocycles. The van der Waals surface area contributed by atoms with Gasteiger partial charge in [-0.2, -0.15) is 0 Å². The zero-order valence-corrected chi connectivity index (χ0v) is 14.8. The van der Waals surface area contributed by atoms with Crippen LogP contribution in [0.4, 0.5) is 10.5 Å². The Bertz CT molecular complexity index is 750. The maximum Gasteiger partial charge on any atom is 0.329 e. The second kappa shape index (κ2) is 6.63. The summed E-state index contributed by atoms with van der Waals surface area (Å²) in [6.45, 7) is 0.411. The standard InChI is InChI=1S/C19H25N5O2/c20-17(22-14-6-4-7-14)21-12-13-5-3-8-15(11-13)24-16(25)19(23-18(24)26)9-1-2-10-19/h3,5,8,11,14H,1-2,4,6-7,9-10,12H2,(H,23,26)(H3,20,21,22). The van der Waals surface area contributed by atoms with Crippen molar-refractivity contribution in [3.05, 3.63) is 29.8 Å². The van der Waals surface area contributed by atoms with E-state index >= 15 is 0 Å². The SMILES string of the molecule is NC(=NCc1cccc(N2C(=O)NC3(CCCC3)C2=O)c1)NC1CCC1. The number of imide groups is 1. The lowest BCUT2D eigenvalue weighted by Gasteiger charge is -2.26. The van der Waals surface area contributed by atoms with Crippen LogP contribution in [0.5, 0.6) is 0 Å². The van der Waals surface area contributed by atoms with E-state index in [9.17, 15) is 9.59 Å². The Morgan fingerprint density at radius 1 is 1.27 bits per heavy atom. The van der Waals surface area contributed by atoms with Crippen LogP contribution in [-0.4, -0.2) is 29.5 Å². The van der Waals surface area contributed by atoms with Gasteiger partial charge in [0.15, 0.2) is 5.96 Å². The highest BCUT2D eigenvalue weighted by Crippen LogP contribution is 2.37. The molecular formula is C19H25N5O2. The highest BCUT2D eigenvalue weighted by Gasteiger charge is 2.52. The van der Waals surface area contributed by atoms with Gasteiger partial charge in [-0.3, -0.25) is 4.79 Å². The van der Waals surface area contributed by atoms with Crippen LogP contribution in [0.1, 0.15) is 50.5 Å². The quantitative estimate of drug-likeness (QED) is 0.437. The molecule has 26 heavy (non-hydrogen) atoms. The molecule has 3 aliphatic rings. The number of benzene rings is 1. The molecule has 1 aromatic rings. The molecule has 7 nitrogen and oxygen atoms in total. The van der Waals surface area contributed by atoms with Crippen LogP contribution >= 0.6 is 0 Å². The predicted octanol–water partition coefficient (Wildman–Crippen LogP) is 2.01. The third kappa shape index (κ3) is 3.02. The molecule has 3 fully saturated rings. The third-order valence-electron chi connectivity index (χ3n) is 5.68. The number of guanidine groups is 1. The predicted molar refractivity (Wildman–Crippen MR) is 99.8 cm³/mol.